The highest BCUT2D eigenvalue weighted by molar-refractivity contribution is 7.15. The maximum absolute atomic E-state index is 13.2. The zero-order chi connectivity index (χ0) is 21.3. The number of halogens is 1. The predicted molar refractivity (Wildman–Crippen MR) is 115 cm³/mol. The maximum atomic E-state index is 13.2. The highest BCUT2D eigenvalue weighted by Gasteiger charge is 2.37. The van der Waals surface area contributed by atoms with E-state index in [-0.39, 0.29) is 18.8 Å². The van der Waals surface area contributed by atoms with Crippen LogP contribution in [0.4, 0.5) is 4.39 Å². The summed E-state index contributed by atoms with van der Waals surface area (Å²) in [5.74, 6) is -0.247. The molecular formula is C24H25FO4S. The first-order chi connectivity index (χ1) is 14.4. The molecule has 4 rings (SSSR count). The Bertz CT molecular complexity index is 1000. The van der Waals surface area contributed by atoms with E-state index in [4.69, 9.17) is 4.74 Å². The minimum absolute atomic E-state index is 0.194. The predicted octanol–water partition coefficient (Wildman–Crippen LogP) is 4.00. The topological polar surface area (TPSA) is 69.9 Å². The summed E-state index contributed by atoms with van der Waals surface area (Å²) in [5.41, 5.74) is 4.01. The van der Waals surface area contributed by atoms with Crippen LogP contribution in [-0.4, -0.2) is 40.2 Å². The van der Waals surface area contributed by atoms with Gasteiger partial charge in [0, 0.05) is 22.6 Å². The van der Waals surface area contributed by atoms with Gasteiger partial charge in [0.2, 0.25) is 0 Å². The molecule has 2 heterocycles. The number of hydrogen-bond donors (Lipinski definition) is 3. The van der Waals surface area contributed by atoms with Gasteiger partial charge in [-0.15, -0.1) is 11.3 Å². The van der Waals surface area contributed by atoms with Gasteiger partial charge in [0.15, 0.2) is 0 Å². The summed E-state index contributed by atoms with van der Waals surface area (Å²) in [6.07, 6.45) is -2.19. The Hall–Kier alpha value is -2.09. The first-order valence-corrected chi connectivity index (χ1v) is 10.8. The van der Waals surface area contributed by atoms with Crippen LogP contribution in [0.1, 0.15) is 34.1 Å². The lowest BCUT2D eigenvalue weighted by Crippen LogP contribution is -2.44. The molecule has 0 amide bonds. The summed E-state index contributed by atoms with van der Waals surface area (Å²) in [7, 11) is 0. The molecule has 0 aliphatic carbocycles. The van der Waals surface area contributed by atoms with E-state index in [1.165, 1.54) is 17.0 Å². The van der Waals surface area contributed by atoms with Gasteiger partial charge in [-0.2, -0.15) is 0 Å². The second-order valence-electron chi connectivity index (χ2n) is 7.79. The van der Waals surface area contributed by atoms with Crippen molar-refractivity contribution in [1.82, 2.24) is 0 Å². The van der Waals surface area contributed by atoms with E-state index in [1.54, 1.807) is 23.5 Å². The highest BCUT2D eigenvalue weighted by Crippen LogP contribution is 2.34. The molecule has 3 unspecified atom stereocenters. The van der Waals surface area contributed by atoms with Gasteiger partial charge in [0.05, 0.1) is 18.8 Å². The van der Waals surface area contributed by atoms with Crippen LogP contribution in [0.3, 0.4) is 0 Å². The van der Waals surface area contributed by atoms with E-state index >= 15 is 0 Å². The van der Waals surface area contributed by atoms with E-state index in [2.05, 4.69) is 6.07 Å². The zero-order valence-corrected chi connectivity index (χ0v) is 17.5. The standard InChI is InChI=1S/C24H25FO4S/c1-14-2-3-16(24-23(28)21(27)12-19(13-26)29-24)10-17(14)11-20-8-9-22(30-20)15-4-6-18(25)7-5-15/h2-10,19,21,23-24,26-28H,11-13H2,1H3/t19?,21?,23-,24?/m1/s1. The molecule has 0 saturated carbocycles. The second-order valence-corrected chi connectivity index (χ2v) is 8.96. The van der Waals surface area contributed by atoms with E-state index < -0.39 is 24.4 Å². The Balaban J connectivity index is 1.56. The van der Waals surface area contributed by atoms with Crippen LogP contribution in [0.5, 0.6) is 0 Å². The van der Waals surface area contributed by atoms with Crippen molar-refractivity contribution in [2.75, 3.05) is 6.61 Å². The molecule has 6 heteroatoms. The van der Waals surface area contributed by atoms with Crippen molar-refractivity contribution >= 4 is 11.3 Å². The quantitative estimate of drug-likeness (QED) is 0.575. The van der Waals surface area contributed by atoms with Crippen LogP contribution in [0.2, 0.25) is 0 Å². The summed E-state index contributed by atoms with van der Waals surface area (Å²) in [6, 6.07) is 16.5. The fourth-order valence-electron chi connectivity index (χ4n) is 3.84. The van der Waals surface area contributed by atoms with Crippen molar-refractivity contribution in [2.45, 2.75) is 44.2 Å². The van der Waals surface area contributed by atoms with Crippen molar-refractivity contribution < 1.29 is 24.4 Å². The molecule has 4 atom stereocenters. The van der Waals surface area contributed by atoms with Gasteiger partial charge in [0.1, 0.15) is 18.0 Å². The number of hydrogen-bond acceptors (Lipinski definition) is 5. The molecule has 3 aromatic rings. The maximum Gasteiger partial charge on any atom is 0.123 e. The second kappa shape index (κ2) is 8.96. The van der Waals surface area contributed by atoms with Gasteiger partial charge in [-0.05, 0) is 53.4 Å². The van der Waals surface area contributed by atoms with Gasteiger partial charge in [-0.25, -0.2) is 4.39 Å². The Kier molecular flexibility index (Phi) is 6.32. The fourth-order valence-corrected chi connectivity index (χ4v) is 4.87. The third kappa shape index (κ3) is 4.48. The molecule has 1 saturated heterocycles. The average molecular weight is 429 g/mol. The van der Waals surface area contributed by atoms with Crippen LogP contribution < -0.4 is 0 Å². The third-order valence-corrected chi connectivity index (χ3v) is 6.74. The molecule has 1 aliphatic heterocycles. The van der Waals surface area contributed by atoms with Gasteiger partial charge >= 0.3 is 0 Å². The molecule has 2 aromatic carbocycles. The summed E-state index contributed by atoms with van der Waals surface area (Å²) >= 11 is 1.67. The number of thiophene rings is 1. The zero-order valence-electron chi connectivity index (χ0n) is 16.7. The van der Waals surface area contributed by atoms with Crippen LogP contribution in [-0.2, 0) is 11.2 Å². The summed E-state index contributed by atoms with van der Waals surface area (Å²) in [4.78, 5) is 2.26. The molecule has 4 nitrogen and oxygen atoms in total. The molecule has 30 heavy (non-hydrogen) atoms. The van der Waals surface area contributed by atoms with E-state index in [1.807, 2.05) is 31.2 Å². The van der Waals surface area contributed by atoms with Gasteiger partial charge in [-0.3, -0.25) is 0 Å². The number of ether oxygens (including phenoxy) is 1. The number of aliphatic hydroxyl groups is 3. The van der Waals surface area contributed by atoms with Crippen LogP contribution >= 0.6 is 11.3 Å². The van der Waals surface area contributed by atoms with Gasteiger partial charge < -0.3 is 20.1 Å². The average Bonchev–Trinajstić information content (AvgIpc) is 3.20. The number of aryl methyl sites for hydroxylation is 1. The number of rotatable bonds is 5. The van der Waals surface area contributed by atoms with Crippen LogP contribution in [0.25, 0.3) is 10.4 Å². The lowest BCUT2D eigenvalue weighted by Gasteiger charge is -2.37. The molecule has 158 valence electrons. The lowest BCUT2D eigenvalue weighted by atomic mass is 9.91. The molecule has 0 radical (unpaired) electrons. The molecule has 0 spiro atoms. The molecule has 1 aliphatic rings. The lowest BCUT2D eigenvalue weighted by molar-refractivity contribution is -0.179. The monoisotopic (exact) mass is 428 g/mol. The van der Waals surface area contributed by atoms with E-state index in [9.17, 15) is 19.7 Å². The van der Waals surface area contributed by atoms with Crippen molar-refractivity contribution in [3.05, 3.63) is 82.0 Å². The molecule has 3 N–H and O–H groups in total. The van der Waals surface area contributed by atoms with Gasteiger partial charge in [-0.1, -0.05) is 30.3 Å². The van der Waals surface area contributed by atoms with Crippen molar-refractivity contribution in [2.24, 2.45) is 0 Å². The third-order valence-electron chi connectivity index (χ3n) is 5.61. The largest absolute Gasteiger partial charge is 0.394 e. The molecule has 0 bridgehead atoms. The molecule has 1 fully saturated rings. The SMILES string of the molecule is Cc1ccc(C2OC(CO)CC(O)[C@H]2O)cc1Cc1ccc(-c2ccc(F)cc2)s1. The first kappa shape index (κ1) is 21.2. The molecular weight excluding hydrogens is 403 g/mol. The van der Waals surface area contributed by atoms with Crippen molar-refractivity contribution in [1.29, 1.82) is 0 Å². The van der Waals surface area contributed by atoms with Crippen molar-refractivity contribution in [3.8, 4) is 10.4 Å². The Morgan fingerprint density at radius 2 is 1.83 bits per heavy atom. The van der Waals surface area contributed by atoms with Gasteiger partial charge in [0.25, 0.3) is 0 Å². The van der Waals surface area contributed by atoms with E-state index in [0.717, 1.165) is 33.6 Å². The normalized spacial score (nSPS) is 24.2. The van der Waals surface area contributed by atoms with Crippen LogP contribution in [0.15, 0.2) is 54.6 Å². The van der Waals surface area contributed by atoms with E-state index in [0.29, 0.717) is 0 Å². The van der Waals surface area contributed by atoms with Crippen LogP contribution in [0, 0.1) is 12.7 Å². The summed E-state index contributed by atoms with van der Waals surface area (Å²) in [5, 5.41) is 30.0. The summed E-state index contributed by atoms with van der Waals surface area (Å²) < 4.78 is 19.0. The fraction of sp³-hybridized carbons (Fsp3) is 0.333. The smallest absolute Gasteiger partial charge is 0.123 e. The van der Waals surface area contributed by atoms with Crippen molar-refractivity contribution in [3.63, 3.8) is 0 Å². The Morgan fingerprint density at radius 1 is 1.07 bits per heavy atom. The molecule has 1 aromatic heterocycles. The Morgan fingerprint density at radius 3 is 2.57 bits per heavy atom. The highest BCUT2D eigenvalue weighted by atomic mass is 32.1. The Labute approximate surface area is 179 Å². The first-order valence-electron chi connectivity index (χ1n) is 10.0. The minimum Gasteiger partial charge on any atom is -0.394 e. The summed E-state index contributed by atoms with van der Waals surface area (Å²) in [6.45, 7) is 1.84. The number of benzene rings is 2. The number of aliphatic hydroxyl groups excluding tert-OH is 3. The minimum atomic E-state index is -1.03.